The number of amides is 1. The average molecular weight is 285 g/mol. The fourth-order valence-electron chi connectivity index (χ4n) is 2.25. The van der Waals surface area contributed by atoms with Gasteiger partial charge in [-0.2, -0.15) is 0 Å². The molecule has 1 aromatic carbocycles. The van der Waals surface area contributed by atoms with Crippen molar-refractivity contribution in [3.05, 3.63) is 28.8 Å². The van der Waals surface area contributed by atoms with Crippen molar-refractivity contribution in [2.75, 3.05) is 31.7 Å². The molecule has 1 unspecified atom stereocenters. The van der Waals surface area contributed by atoms with E-state index in [0.29, 0.717) is 30.3 Å². The molecule has 0 saturated carbocycles. The Morgan fingerprint density at radius 1 is 1.63 bits per heavy atom. The summed E-state index contributed by atoms with van der Waals surface area (Å²) in [7, 11) is 1.60. The Kier molecular flexibility index (Phi) is 4.63. The molecule has 0 radical (unpaired) electrons. The molecule has 1 heterocycles. The first-order chi connectivity index (χ1) is 9.19. The number of ether oxygens (including phenoxy) is 1. The predicted octanol–water partition coefficient (Wildman–Crippen LogP) is 0.783. The number of carbonyl (C=O) groups excluding carboxylic acids is 1. The van der Waals surface area contributed by atoms with Crippen LogP contribution in [-0.4, -0.2) is 43.9 Å². The van der Waals surface area contributed by atoms with Crippen LogP contribution in [0.2, 0.25) is 5.02 Å². The lowest BCUT2D eigenvalue weighted by atomic mass is 10.1. The van der Waals surface area contributed by atoms with Gasteiger partial charge in [0.05, 0.1) is 19.8 Å². The Hall–Kier alpha value is -1.30. The Bertz CT molecular complexity index is 467. The number of nitrogens with zero attached hydrogens (tertiary/aromatic N) is 1. The smallest absolute Gasteiger partial charge is 0.244 e. The van der Waals surface area contributed by atoms with Gasteiger partial charge in [-0.1, -0.05) is 17.7 Å². The molecule has 1 atom stereocenters. The van der Waals surface area contributed by atoms with Crippen LogP contribution in [0.3, 0.4) is 0 Å². The zero-order chi connectivity index (χ0) is 13.8. The SMILES string of the molecule is CNC(=O)C1COCCN1c1cccc(Cl)c1CO. The summed E-state index contributed by atoms with van der Waals surface area (Å²) in [4.78, 5) is 13.8. The molecule has 5 nitrogen and oxygen atoms in total. The molecular weight excluding hydrogens is 268 g/mol. The summed E-state index contributed by atoms with van der Waals surface area (Å²) in [5.41, 5.74) is 1.42. The number of likely N-dealkylation sites (N-methyl/N-ethyl adjacent to an activating group) is 1. The fraction of sp³-hybridized carbons (Fsp3) is 0.462. The second kappa shape index (κ2) is 6.23. The van der Waals surface area contributed by atoms with Gasteiger partial charge in [0.1, 0.15) is 6.04 Å². The van der Waals surface area contributed by atoms with Crippen molar-refractivity contribution < 1.29 is 14.6 Å². The quantitative estimate of drug-likeness (QED) is 0.861. The Morgan fingerprint density at radius 3 is 3.11 bits per heavy atom. The zero-order valence-electron chi connectivity index (χ0n) is 10.7. The highest BCUT2D eigenvalue weighted by atomic mass is 35.5. The first-order valence-corrected chi connectivity index (χ1v) is 6.51. The van der Waals surface area contributed by atoms with E-state index in [2.05, 4.69) is 5.32 Å². The lowest BCUT2D eigenvalue weighted by Gasteiger charge is -2.37. The van der Waals surface area contributed by atoms with Crippen molar-refractivity contribution in [3.8, 4) is 0 Å². The molecule has 1 fully saturated rings. The van der Waals surface area contributed by atoms with Crippen molar-refractivity contribution >= 4 is 23.2 Å². The molecule has 1 saturated heterocycles. The van der Waals surface area contributed by atoms with Gasteiger partial charge in [0, 0.05) is 29.9 Å². The predicted molar refractivity (Wildman–Crippen MR) is 73.4 cm³/mol. The Balaban J connectivity index is 2.37. The van der Waals surface area contributed by atoms with Crippen LogP contribution in [0.25, 0.3) is 0 Å². The maximum Gasteiger partial charge on any atom is 0.244 e. The number of rotatable bonds is 3. The second-order valence-corrected chi connectivity index (χ2v) is 4.70. The van der Waals surface area contributed by atoms with Gasteiger partial charge in [0.25, 0.3) is 0 Å². The van der Waals surface area contributed by atoms with E-state index < -0.39 is 6.04 Å². The maximum atomic E-state index is 11.9. The van der Waals surface area contributed by atoms with E-state index in [9.17, 15) is 9.90 Å². The van der Waals surface area contributed by atoms with Crippen LogP contribution in [-0.2, 0) is 16.1 Å². The first kappa shape index (κ1) is 14.1. The van der Waals surface area contributed by atoms with Crippen molar-refractivity contribution in [2.24, 2.45) is 0 Å². The van der Waals surface area contributed by atoms with Crippen LogP contribution in [0.4, 0.5) is 5.69 Å². The molecule has 0 spiro atoms. The van der Waals surface area contributed by atoms with Crippen LogP contribution >= 0.6 is 11.6 Å². The molecule has 1 aliphatic rings. The molecule has 0 aliphatic carbocycles. The van der Waals surface area contributed by atoms with Crippen molar-refractivity contribution in [3.63, 3.8) is 0 Å². The molecule has 1 amide bonds. The summed E-state index contributed by atoms with van der Waals surface area (Å²) in [6, 6.07) is 5.00. The number of aliphatic hydroxyl groups excluding tert-OH is 1. The minimum absolute atomic E-state index is 0.108. The molecule has 0 bridgehead atoms. The Labute approximate surface area is 117 Å². The number of carbonyl (C=O) groups is 1. The van der Waals surface area contributed by atoms with E-state index in [-0.39, 0.29) is 12.5 Å². The summed E-state index contributed by atoms with van der Waals surface area (Å²) < 4.78 is 5.36. The zero-order valence-corrected chi connectivity index (χ0v) is 11.5. The summed E-state index contributed by atoms with van der Waals surface area (Å²) in [5.74, 6) is -0.108. The van der Waals surface area contributed by atoms with E-state index in [4.69, 9.17) is 16.3 Å². The molecule has 104 valence electrons. The van der Waals surface area contributed by atoms with E-state index in [1.165, 1.54) is 0 Å². The van der Waals surface area contributed by atoms with Crippen LogP contribution in [0, 0.1) is 0 Å². The number of hydrogen-bond donors (Lipinski definition) is 2. The maximum absolute atomic E-state index is 11.9. The average Bonchev–Trinajstić information content (AvgIpc) is 2.46. The fourth-order valence-corrected chi connectivity index (χ4v) is 2.48. The number of morpholine rings is 1. The van der Waals surface area contributed by atoms with Gasteiger partial charge in [-0.15, -0.1) is 0 Å². The highest BCUT2D eigenvalue weighted by Gasteiger charge is 2.30. The van der Waals surface area contributed by atoms with Crippen molar-refractivity contribution in [1.29, 1.82) is 0 Å². The Morgan fingerprint density at radius 2 is 2.42 bits per heavy atom. The molecule has 0 aromatic heterocycles. The topological polar surface area (TPSA) is 61.8 Å². The number of nitrogens with one attached hydrogen (secondary N) is 1. The van der Waals surface area contributed by atoms with E-state index in [0.717, 1.165) is 5.69 Å². The minimum Gasteiger partial charge on any atom is -0.392 e. The lowest BCUT2D eigenvalue weighted by Crippen LogP contribution is -2.53. The lowest BCUT2D eigenvalue weighted by molar-refractivity contribution is -0.124. The third kappa shape index (κ3) is 2.83. The summed E-state index contributed by atoms with van der Waals surface area (Å²) in [6.45, 7) is 1.31. The van der Waals surface area contributed by atoms with Gasteiger partial charge in [0.15, 0.2) is 0 Å². The molecule has 19 heavy (non-hydrogen) atoms. The molecule has 2 N–H and O–H groups in total. The van der Waals surface area contributed by atoms with Gasteiger partial charge in [-0.05, 0) is 12.1 Å². The number of halogens is 1. The highest BCUT2D eigenvalue weighted by molar-refractivity contribution is 6.31. The summed E-state index contributed by atoms with van der Waals surface area (Å²) in [6.07, 6.45) is 0. The molecular formula is C13H17ClN2O3. The minimum atomic E-state index is -0.400. The van der Waals surface area contributed by atoms with E-state index in [1.807, 2.05) is 17.0 Å². The third-order valence-corrected chi connectivity index (χ3v) is 3.59. The van der Waals surface area contributed by atoms with E-state index >= 15 is 0 Å². The number of aliphatic hydroxyl groups is 1. The number of hydrogen-bond acceptors (Lipinski definition) is 4. The van der Waals surface area contributed by atoms with E-state index in [1.54, 1.807) is 13.1 Å². The summed E-state index contributed by atoms with van der Waals surface area (Å²) in [5, 5.41) is 12.6. The van der Waals surface area contributed by atoms with Crippen LogP contribution in [0.5, 0.6) is 0 Å². The van der Waals surface area contributed by atoms with Crippen LogP contribution < -0.4 is 10.2 Å². The van der Waals surface area contributed by atoms with Crippen LogP contribution in [0.1, 0.15) is 5.56 Å². The van der Waals surface area contributed by atoms with Gasteiger partial charge in [-0.3, -0.25) is 4.79 Å². The molecule has 1 aromatic rings. The van der Waals surface area contributed by atoms with Gasteiger partial charge in [0.2, 0.25) is 5.91 Å². The number of anilines is 1. The van der Waals surface area contributed by atoms with Gasteiger partial charge < -0.3 is 20.1 Å². The first-order valence-electron chi connectivity index (χ1n) is 6.13. The normalized spacial score (nSPS) is 19.3. The monoisotopic (exact) mass is 284 g/mol. The van der Waals surface area contributed by atoms with Crippen molar-refractivity contribution in [1.82, 2.24) is 5.32 Å². The number of benzene rings is 1. The standard InChI is InChI=1S/C13H17ClN2O3/c1-15-13(18)12-8-19-6-5-16(12)11-4-2-3-10(14)9(11)7-17/h2-4,12,17H,5-8H2,1H3,(H,15,18). The second-order valence-electron chi connectivity index (χ2n) is 4.29. The highest BCUT2D eigenvalue weighted by Crippen LogP contribution is 2.30. The van der Waals surface area contributed by atoms with Gasteiger partial charge in [-0.25, -0.2) is 0 Å². The van der Waals surface area contributed by atoms with Gasteiger partial charge >= 0.3 is 0 Å². The van der Waals surface area contributed by atoms with Crippen LogP contribution in [0.15, 0.2) is 18.2 Å². The molecule has 2 rings (SSSR count). The molecule has 1 aliphatic heterocycles. The third-order valence-electron chi connectivity index (χ3n) is 3.24. The molecule has 6 heteroatoms. The van der Waals surface area contributed by atoms with Crippen molar-refractivity contribution in [2.45, 2.75) is 12.6 Å². The largest absolute Gasteiger partial charge is 0.392 e. The summed E-state index contributed by atoms with van der Waals surface area (Å²) >= 11 is 6.09.